The fraction of sp³-hybridized carbons (Fsp3) is 0.250. The van der Waals surface area contributed by atoms with Crippen molar-refractivity contribution in [2.45, 2.75) is 19.4 Å². The number of aliphatic hydroxyl groups is 1. The molecule has 0 aliphatic rings. The molecule has 0 aromatic heterocycles. The van der Waals surface area contributed by atoms with Crippen molar-refractivity contribution in [2.75, 3.05) is 7.11 Å². The van der Waals surface area contributed by atoms with Gasteiger partial charge >= 0.3 is 0 Å². The molecule has 0 saturated carbocycles. The minimum Gasteiger partial charge on any atom is -0.496 e. The van der Waals surface area contributed by atoms with Crippen LogP contribution in [-0.2, 0) is 6.42 Å². The molecule has 1 atom stereocenters. The first-order valence-electron chi connectivity index (χ1n) is 6.27. The highest BCUT2D eigenvalue weighted by Gasteiger charge is 2.11. The molecule has 0 heterocycles. The summed E-state index contributed by atoms with van der Waals surface area (Å²) in [6.45, 7) is 1.96. The highest BCUT2D eigenvalue weighted by molar-refractivity contribution is 9.10. The van der Waals surface area contributed by atoms with Crippen LogP contribution in [0.25, 0.3) is 0 Å². The predicted octanol–water partition coefficient (Wildman–Crippen LogP) is 4.70. The van der Waals surface area contributed by atoms with Gasteiger partial charge < -0.3 is 9.84 Å². The number of benzene rings is 2. The average Bonchev–Trinajstić information content (AvgIpc) is 2.37. The second-order valence-electron chi connectivity index (χ2n) is 4.75. The van der Waals surface area contributed by atoms with Crippen LogP contribution in [0.4, 0.5) is 0 Å². The lowest BCUT2D eigenvalue weighted by molar-refractivity contribution is 0.178. The number of hydrogen-bond acceptors (Lipinski definition) is 2. The molecule has 1 N–H and O–H groups in total. The van der Waals surface area contributed by atoms with Crippen LogP contribution in [0.15, 0.2) is 40.9 Å². The molecule has 0 aliphatic heterocycles. The van der Waals surface area contributed by atoms with Gasteiger partial charge in [0.15, 0.2) is 0 Å². The maximum absolute atomic E-state index is 10.3. The maximum Gasteiger partial charge on any atom is 0.133 e. The molecule has 0 radical (unpaired) electrons. The second kappa shape index (κ2) is 6.61. The Morgan fingerprint density at radius 3 is 2.60 bits per heavy atom. The van der Waals surface area contributed by atoms with E-state index in [1.807, 2.05) is 37.3 Å². The fourth-order valence-electron chi connectivity index (χ4n) is 2.13. The number of ether oxygens (including phenoxy) is 1. The van der Waals surface area contributed by atoms with Gasteiger partial charge in [-0.25, -0.2) is 0 Å². The highest BCUT2D eigenvalue weighted by atomic mass is 79.9. The molecule has 0 saturated heterocycles. The Balaban J connectivity index is 2.18. The molecule has 20 heavy (non-hydrogen) atoms. The summed E-state index contributed by atoms with van der Waals surface area (Å²) in [4.78, 5) is 0. The lowest BCUT2D eigenvalue weighted by atomic mass is 10.00. The van der Waals surface area contributed by atoms with E-state index in [-0.39, 0.29) is 0 Å². The normalized spacial score (nSPS) is 12.2. The molecule has 2 aromatic carbocycles. The molecule has 1 unspecified atom stereocenters. The first-order valence-corrected chi connectivity index (χ1v) is 7.44. The van der Waals surface area contributed by atoms with E-state index in [2.05, 4.69) is 15.9 Å². The summed E-state index contributed by atoms with van der Waals surface area (Å²) in [7, 11) is 1.63. The first kappa shape index (κ1) is 15.4. The van der Waals surface area contributed by atoms with E-state index in [1.165, 1.54) is 0 Å². The molecular weight excluding hydrogens is 340 g/mol. The topological polar surface area (TPSA) is 29.5 Å². The SMILES string of the molecule is COc1ccc(CC(O)c2cc(C)cc(Cl)c2)cc1Br. The predicted molar refractivity (Wildman–Crippen MR) is 85.5 cm³/mol. The van der Waals surface area contributed by atoms with Crippen LogP contribution in [0.1, 0.15) is 22.8 Å². The van der Waals surface area contributed by atoms with E-state index in [0.717, 1.165) is 26.9 Å². The Morgan fingerprint density at radius 2 is 2.00 bits per heavy atom. The van der Waals surface area contributed by atoms with E-state index in [9.17, 15) is 5.11 Å². The van der Waals surface area contributed by atoms with Gasteiger partial charge in [-0.05, 0) is 63.8 Å². The van der Waals surface area contributed by atoms with Gasteiger partial charge in [-0.2, -0.15) is 0 Å². The summed E-state index contributed by atoms with van der Waals surface area (Å²) in [5.41, 5.74) is 2.91. The van der Waals surface area contributed by atoms with E-state index < -0.39 is 6.10 Å². The van der Waals surface area contributed by atoms with Crippen molar-refractivity contribution in [1.29, 1.82) is 0 Å². The molecule has 0 fully saturated rings. The molecule has 2 nitrogen and oxygen atoms in total. The lowest BCUT2D eigenvalue weighted by Gasteiger charge is -2.13. The van der Waals surface area contributed by atoms with Crippen LogP contribution in [-0.4, -0.2) is 12.2 Å². The van der Waals surface area contributed by atoms with Crippen LogP contribution < -0.4 is 4.74 Å². The fourth-order valence-corrected chi connectivity index (χ4v) is 3.02. The zero-order valence-corrected chi connectivity index (χ0v) is 13.7. The maximum atomic E-state index is 10.3. The summed E-state index contributed by atoms with van der Waals surface area (Å²) in [5, 5.41) is 11.0. The smallest absolute Gasteiger partial charge is 0.133 e. The number of methoxy groups -OCH3 is 1. The Labute approximate surface area is 132 Å². The molecule has 0 amide bonds. The van der Waals surface area contributed by atoms with Crippen molar-refractivity contribution in [1.82, 2.24) is 0 Å². The van der Waals surface area contributed by atoms with E-state index in [1.54, 1.807) is 13.2 Å². The Morgan fingerprint density at radius 1 is 1.25 bits per heavy atom. The summed E-state index contributed by atoms with van der Waals surface area (Å²) < 4.78 is 6.08. The quantitative estimate of drug-likeness (QED) is 0.861. The van der Waals surface area contributed by atoms with Crippen LogP contribution in [0.5, 0.6) is 5.75 Å². The molecule has 106 valence electrons. The Bertz CT molecular complexity index is 593. The highest BCUT2D eigenvalue weighted by Crippen LogP contribution is 2.28. The van der Waals surface area contributed by atoms with Crippen molar-refractivity contribution in [2.24, 2.45) is 0 Å². The van der Waals surface area contributed by atoms with Gasteiger partial charge in [0.05, 0.1) is 17.7 Å². The number of rotatable bonds is 4. The van der Waals surface area contributed by atoms with Crippen LogP contribution in [0.3, 0.4) is 0 Å². The van der Waals surface area contributed by atoms with Gasteiger partial charge in [0, 0.05) is 11.4 Å². The van der Waals surface area contributed by atoms with Crippen LogP contribution in [0, 0.1) is 6.92 Å². The Hall–Kier alpha value is -1.03. The average molecular weight is 356 g/mol. The van der Waals surface area contributed by atoms with Crippen molar-refractivity contribution in [3.8, 4) is 5.75 Å². The van der Waals surface area contributed by atoms with Gasteiger partial charge in [0.1, 0.15) is 5.75 Å². The van der Waals surface area contributed by atoms with Crippen molar-refractivity contribution in [3.05, 3.63) is 62.6 Å². The second-order valence-corrected chi connectivity index (χ2v) is 6.04. The molecule has 2 aromatic rings. The largest absolute Gasteiger partial charge is 0.496 e. The van der Waals surface area contributed by atoms with Crippen molar-refractivity contribution >= 4 is 27.5 Å². The first-order chi connectivity index (χ1) is 9.49. The minimum atomic E-state index is -0.576. The van der Waals surface area contributed by atoms with E-state index in [0.29, 0.717) is 11.4 Å². The van der Waals surface area contributed by atoms with Crippen LogP contribution >= 0.6 is 27.5 Å². The molecule has 0 aliphatic carbocycles. The molecule has 2 rings (SSSR count). The molecule has 0 bridgehead atoms. The summed E-state index contributed by atoms with van der Waals surface area (Å²) >= 11 is 9.48. The van der Waals surface area contributed by atoms with Crippen molar-refractivity contribution < 1.29 is 9.84 Å². The summed E-state index contributed by atoms with van der Waals surface area (Å²) in [6.07, 6.45) is -0.0461. The number of aliphatic hydroxyl groups excluding tert-OH is 1. The monoisotopic (exact) mass is 354 g/mol. The van der Waals surface area contributed by atoms with Gasteiger partial charge in [-0.3, -0.25) is 0 Å². The van der Waals surface area contributed by atoms with E-state index >= 15 is 0 Å². The lowest BCUT2D eigenvalue weighted by Crippen LogP contribution is -2.02. The number of halogens is 2. The van der Waals surface area contributed by atoms with Gasteiger partial charge in [-0.1, -0.05) is 23.7 Å². The summed E-state index contributed by atoms with van der Waals surface area (Å²) in [6, 6.07) is 11.4. The zero-order chi connectivity index (χ0) is 14.7. The zero-order valence-electron chi connectivity index (χ0n) is 11.4. The third-order valence-corrected chi connectivity index (χ3v) is 3.93. The molecule has 4 heteroatoms. The Kier molecular flexibility index (Phi) is 5.08. The molecule has 0 spiro atoms. The minimum absolute atomic E-state index is 0.530. The summed E-state index contributed by atoms with van der Waals surface area (Å²) in [5.74, 6) is 0.779. The van der Waals surface area contributed by atoms with E-state index in [4.69, 9.17) is 16.3 Å². The van der Waals surface area contributed by atoms with Gasteiger partial charge in [0.2, 0.25) is 0 Å². The molecular formula is C16H16BrClO2. The van der Waals surface area contributed by atoms with Gasteiger partial charge in [-0.15, -0.1) is 0 Å². The van der Waals surface area contributed by atoms with Crippen molar-refractivity contribution in [3.63, 3.8) is 0 Å². The number of aryl methyl sites for hydroxylation is 1. The third-order valence-electron chi connectivity index (χ3n) is 3.09. The van der Waals surface area contributed by atoms with Gasteiger partial charge in [0.25, 0.3) is 0 Å². The van der Waals surface area contributed by atoms with Crippen LogP contribution in [0.2, 0.25) is 5.02 Å². The third kappa shape index (κ3) is 3.75. The standard InChI is InChI=1S/C16H16BrClO2/c1-10-5-12(9-13(18)6-10)15(19)8-11-3-4-16(20-2)14(17)7-11/h3-7,9,15,19H,8H2,1-2H3. The number of hydrogen-bond donors (Lipinski definition) is 1.